The van der Waals surface area contributed by atoms with Crippen molar-refractivity contribution in [2.45, 2.75) is 37.2 Å². The fourth-order valence-corrected chi connectivity index (χ4v) is 4.88. The summed E-state index contributed by atoms with van der Waals surface area (Å²) < 4.78 is 29.4. The van der Waals surface area contributed by atoms with E-state index in [0.717, 1.165) is 37.0 Å². The molecular formula is C13H20N2O4S2. The van der Waals surface area contributed by atoms with Crippen molar-refractivity contribution in [2.24, 2.45) is 0 Å². The number of Topliss-reactive ketones (excluding diaryl/α,β-unsaturated/α-hetero) is 1. The van der Waals surface area contributed by atoms with Gasteiger partial charge in [0, 0.05) is 25.8 Å². The Hall–Kier alpha value is -1.12. The van der Waals surface area contributed by atoms with Crippen LogP contribution in [0.15, 0.2) is 4.90 Å². The first-order valence-corrected chi connectivity index (χ1v) is 9.56. The highest BCUT2D eigenvalue weighted by Crippen LogP contribution is 2.39. The van der Waals surface area contributed by atoms with Crippen molar-refractivity contribution in [3.8, 4) is 0 Å². The lowest BCUT2D eigenvalue weighted by Crippen LogP contribution is -2.18. The van der Waals surface area contributed by atoms with Crippen molar-refractivity contribution in [3.63, 3.8) is 0 Å². The minimum Gasteiger partial charge on any atom is -0.396 e. The molecule has 1 atom stereocenters. The standard InChI is InChI=1S/C13H20N2O4S2/c1-3-9(16)11-10(14)12(21(2,17)18)13(20-11)15-7-8-5-4-6-19-8/h8,15H,3-7,14H2,1-2H3. The first-order valence-electron chi connectivity index (χ1n) is 6.85. The zero-order valence-electron chi connectivity index (χ0n) is 12.1. The van der Waals surface area contributed by atoms with Gasteiger partial charge in [-0.2, -0.15) is 0 Å². The monoisotopic (exact) mass is 332 g/mol. The van der Waals surface area contributed by atoms with Gasteiger partial charge in [-0.15, -0.1) is 11.3 Å². The van der Waals surface area contributed by atoms with Crippen LogP contribution in [0.3, 0.4) is 0 Å². The van der Waals surface area contributed by atoms with Gasteiger partial charge in [0.15, 0.2) is 15.6 Å². The number of hydrogen-bond acceptors (Lipinski definition) is 7. The van der Waals surface area contributed by atoms with Crippen LogP contribution >= 0.6 is 11.3 Å². The summed E-state index contributed by atoms with van der Waals surface area (Å²) in [5.74, 6) is -0.146. The van der Waals surface area contributed by atoms with E-state index in [9.17, 15) is 13.2 Å². The molecule has 0 amide bonds. The predicted molar refractivity (Wildman–Crippen MR) is 83.9 cm³/mol. The molecule has 0 radical (unpaired) electrons. The van der Waals surface area contributed by atoms with Crippen LogP contribution in [0, 0.1) is 0 Å². The van der Waals surface area contributed by atoms with E-state index in [2.05, 4.69) is 5.32 Å². The summed E-state index contributed by atoms with van der Waals surface area (Å²) in [4.78, 5) is 12.2. The number of ketones is 1. The Labute approximate surface area is 128 Å². The van der Waals surface area contributed by atoms with Crippen LogP contribution in [0.1, 0.15) is 35.9 Å². The number of sulfone groups is 1. The first-order chi connectivity index (χ1) is 9.84. The molecule has 2 heterocycles. The van der Waals surface area contributed by atoms with E-state index in [1.54, 1.807) is 6.92 Å². The third kappa shape index (κ3) is 3.56. The lowest BCUT2D eigenvalue weighted by Gasteiger charge is -2.11. The Morgan fingerprint density at radius 3 is 2.76 bits per heavy atom. The van der Waals surface area contributed by atoms with E-state index in [1.807, 2.05) is 0 Å². The maximum Gasteiger partial charge on any atom is 0.180 e. The van der Waals surface area contributed by atoms with Crippen molar-refractivity contribution < 1.29 is 17.9 Å². The summed E-state index contributed by atoms with van der Waals surface area (Å²) in [6.07, 6.45) is 3.42. The number of carbonyl (C=O) groups is 1. The molecule has 0 aliphatic carbocycles. The van der Waals surface area contributed by atoms with Gasteiger partial charge < -0.3 is 15.8 Å². The Kier molecular flexibility index (Phi) is 4.90. The quantitative estimate of drug-likeness (QED) is 0.772. The van der Waals surface area contributed by atoms with Gasteiger partial charge in [0.25, 0.3) is 0 Å². The molecule has 1 aromatic heterocycles. The number of anilines is 2. The van der Waals surface area contributed by atoms with Gasteiger partial charge in [0.1, 0.15) is 9.90 Å². The molecule has 0 bridgehead atoms. The molecule has 0 aromatic carbocycles. The van der Waals surface area contributed by atoms with Gasteiger partial charge in [-0.3, -0.25) is 4.79 Å². The van der Waals surface area contributed by atoms with Crippen LogP contribution in [0.2, 0.25) is 0 Å². The summed E-state index contributed by atoms with van der Waals surface area (Å²) in [5, 5.41) is 3.52. The fourth-order valence-electron chi connectivity index (χ4n) is 2.29. The average Bonchev–Trinajstić information content (AvgIpc) is 3.02. The zero-order valence-corrected chi connectivity index (χ0v) is 13.8. The van der Waals surface area contributed by atoms with Crippen molar-refractivity contribution >= 4 is 37.6 Å². The Morgan fingerprint density at radius 2 is 2.24 bits per heavy atom. The molecule has 0 saturated carbocycles. The smallest absolute Gasteiger partial charge is 0.180 e. The van der Waals surface area contributed by atoms with Crippen LogP contribution < -0.4 is 11.1 Å². The van der Waals surface area contributed by atoms with Gasteiger partial charge in [-0.05, 0) is 12.8 Å². The van der Waals surface area contributed by atoms with Crippen molar-refractivity contribution in [1.29, 1.82) is 0 Å². The molecule has 1 unspecified atom stereocenters. The molecular weight excluding hydrogens is 312 g/mol. The molecule has 1 aromatic rings. The Balaban J connectivity index is 2.31. The molecule has 118 valence electrons. The molecule has 2 rings (SSSR count). The number of ether oxygens (including phenoxy) is 1. The van der Waals surface area contributed by atoms with Gasteiger partial charge in [-0.1, -0.05) is 6.92 Å². The molecule has 1 aliphatic heterocycles. The van der Waals surface area contributed by atoms with E-state index in [-0.39, 0.29) is 22.5 Å². The van der Waals surface area contributed by atoms with Crippen molar-refractivity contribution in [3.05, 3.63) is 4.88 Å². The highest BCUT2D eigenvalue weighted by Gasteiger charge is 2.27. The maximum atomic E-state index is 11.9. The SMILES string of the molecule is CCC(=O)c1sc(NCC2CCCO2)c(S(C)(=O)=O)c1N. The minimum atomic E-state index is -3.50. The van der Waals surface area contributed by atoms with Crippen molar-refractivity contribution in [1.82, 2.24) is 0 Å². The number of nitrogen functional groups attached to an aromatic ring is 1. The predicted octanol–water partition coefficient (Wildman–Crippen LogP) is 1.92. The zero-order chi connectivity index (χ0) is 15.6. The molecule has 1 saturated heterocycles. The van der Waals surface area contributed by atoms with Gasteiger partial charge >= 0.3 is 0 Å². The molecule has 0 spiro atoms. The second-order valence-corrected chi connectivity index (χ2v) is 8.04. The summed E-state index contributed by atoms with van der Waals surface area (Å²) in [7, 11) is -3.50. The minimum absolute atomic E-state index is 0.0299. The lowest BCUT2D eigenvalue weighted by atomic mass is 10.2. The van der Waals surface area contributed by atoms with Gasteiger partial charge in [0.05, 0.1) is 16.7 Å². The highest BCUT2D eigenvalue weighted by molar-refractivity contribution is 7.91. The van der Waals surface area contributed by atoms with Crippen LogP contribution in [0.4, 0.5) is 10.7 Å². The fraction of sp³-hybridized carbons (Fsp3) is 0.615. The molecule has 1 fully saturated rings. The second kappa shape index (κ2) is 6.33. The van der Waals surface area contributed by atoms with E-state index in [1.165, 1.54) is 0 Å². The van der Waals surface area contributed by atoms with Crippen LogP contribution in [0.5, 0.6) is 0 Å². The van der Waals surface area contributed by atoms with Gasteiger partial charge in [-0.25, -0.2) is 8.42 Å². The molecule has 3 N–H and O–H groups in total. The summed E-state index contributed by atoms with van der Waals surface area (Å²) in [6.45, 7) is 2.97. The number of carbonyl (C=O) groups excluding carboxylic acids is 1. The van der Waals surface area contributed by atoms with Crippen molar-refractivity contribution in [2.75, 3.05) is 30.5 Å². The van der Waals surface area contributed by atoms with Gasteiger partial charge in [0.2, 0.25) is 0 Å². The summed E-state index contributed by atoms with van der Waals surface area (Å²) in [5.41, 5.74) is 5.95. The summed E-state index contributed by atoms with van der Waals surface area (Å²) >= 11 is 1.11. The topological polar surface area (TPSA) is 98.5 Å². The Bertz CT molecular complexity index is 631. The maximum absolute atomic E-state index is 11.9. The van der Waals surface area contributed by atoms with E-state index in [0.29, 0.717) is 22.8 Å². The molecule has 21 heavy (non-hydrogen) atoms. The third-order valence-electron chi connectivity index (χ3n) is 3.36. The molecule has 6 nitrogen and oxygen atoms in total. The van der Waals surface area contributed by atoms with Crippen LogP contribution in [-0.4, -0.2) is 39.7 Å². The first kappa shape index (κ1) is 16.3. The number of rotatable bonds is 6. The lowest BCUT2D eigenvalue weighted by molar-refractivity contribution is 0.0992. The third-order valence-corrected chi connectivity index (χ3v) is 5.86. The number of nitrogens with one attached hydrogen (secondary N) is 1. The molecule has 8 heteroatoms. The highest BCUT2D eigenvalue weighted by atomic mass is 32.2. The normalized spacial score (nSPS) is 18.9. The molecule has 1 aliphatic rings. The number of thiophene rings is 1. The number of nitrogens with two attached hydrogens (primary N) is 1. The number of hydrogen-bond donors (Lipinski definition) is 2. The summed E-state index contributed by atoms with van der Waals surface area (Å²) in [6, 6.07) is 0. The van der Waals surface area contributed by atoms with E-state index < -0.39 is 9.84 Å². The van der Waals surface area contributed by atoms with E-state index >= 15 is 0 Å². The van der Waals surface area contributed by atoms with E-state index in [4.69, 9.17) is 10.5 Å². The van der Waals surface area contributed by atoms with Crippen LogP contribution in [-0.2, 0) is 14.6 Å². The largest absolute Gasteiger partial charge is 0.396 e. The Morgan fingerprint density at radius 1 is 1.52 bits per heavy atom. The average molecular weight is 332 g/mol. The van der Waals surface area contributed by atoms with Crippen LogP contribution in [0.25, 0.3) is 0 Å². The second-order valence-electron chi connectivity index (χ2n) is 5.07.